The molecule has 1 heterocycles. The van der Waals surface area contributed by atoms with E-state index in [0.717, 1.165) is 0 Å². The van der Waals surface area contributed by atoms with Gasteiger partial charge in [-0.1, -0.05) is 18.2 Å². The van der Waals surface area contributed by atoms with Gasteiger partial charge in [0.25, 0.3) is 5.91 Å². The molecule has 1 amide bonds. The highest BCUT2D eigenvalue weighted by Crippen LogP contribution is 2.20. The van der Waals surface area contributed by atoms with E-state index >= 15 is 0 Å². The van der Waals surface area contributed by atoms with Crippen molar-refractivity contribution in [3.63, 3.8) is 0 Å². The number of carbonyl (C=O) groups excluding carboxylic acids is 1. The van der Waals surface area contributed by atoms with Gasteiger partial charge in [-0.3, -0.25) is 9.69 Å². The Morgan fingerprint density at radius 2 is 2.06 bits per heavy atom. The molecule has 2 rings (SSSR count). The van der Waals surface area contributed by atoms with Crippen molar-refractivity contribution in [3.8, 4) is 0 Å². The van der Waals surface area contributed by atoms with E-state index in [4.69, 9.17) is 12.2 Å². The smallest absolute Gasteiger partial charge is 0.258 e. The van der Waals surface area contributed by atoms with Gasteiger partial charge in [-0.2, -0.15) is 0 Å². The molecule has 5 heteroatoms. The average molecular weight is 236 g/mol. The molecule has 1 aromatic rings. The minimum Gasteiger partial charge on any atom is -0.391 e. The summed E-state index contributed by atoms with van der Waals surface area (Å²) < 4.78 is 0. The molecule has 1 aromatic carbocycles. The summed E-state index contributed by atoms with van der Waals surface area (Å²) in [6.45, 7) is 1.56. The van der Waals surface area contributed by atoms with E-state index < -0.39 is 12.1 Å². The Balaban J connectivity index is 2.30. The molecule has 1 fully saturated rings. The van der Waals surface area contributed by atoms with E-state index in [1.165, 1.54) is 4.90 Å². The van der Waals surface area contributed by atoms with E-state index in [-0.39, 0.29) is 5.91 Å². The third-order valence-electron chi connectivity index (χ3n) is 2.47. The van der Waals surface area contributed by atoms with Crippen LogP contribution in [0.3, 0.4) is 0 Å². The third kappa shape index (κ3) is 1.79. The van der Waals surface area contributed by atoms with Gasteiger partial charge in [-0.15, -0.1) is 0 Å². The Labute approximate surface area is 98.9 Å². The van der Waals surface area contributed by atoms with Crippen LogP contribution in [0.25, 0.3) is 0 Å². The van der Waals surface area contributed by atoms with E-state index in [0.29, 0.717) is 10.8 Å². The molecule has 0 spiro atoms. The molecule has 2 N–H and O–H groups in total. The lowest BCUT2D eigenvalue weighted by Crippen LogP contribution is -2.39. The Morgan fingerprint density at radius 1 is 1.44 bits per heavy atom. The molecular weight excluding hydrogens is 224 g/mol. The van der Waals surface area contributed by atoms with Crippen molar-refractivity contribution >= 4 is 28.9 Å². The van der Waals surface area contributed by atoms with Gasteiger partial charge in [0.15, 0.2) is 5.11 Å². The van der Waals surface area contributed by atoms with E-state index in [9.17, 15) is 9.90 Å². The molecule has 1 aliphatic heterocycles. The van der Waals surface area contributed by atoms with Crippen molar-refractivity contribution in [1.29, 1.82) is 0 Å². The highest BCUT2D eigenvalue weighted by atomic mass is 32.1. The fourth-order valence-electron chi connectivity index (χ4n) is 1.65. The minimum absolute atomic E-state index is 0.216. The van der Waals surface area contributed by atoms with Gasteiger partial charge in [0.1, 0.15) is 6.04 Å². The summed E-state index contributed by atoms with van der Waals surface area (Å²) in [6, 6.07) is 8.49. The summed E-state index contributed by atoms with van der Waals surface area (Å²) in [7, 11) is 0. The van der Waals surface area contributed by atoms with E-state index in [1.807, 2.05) is 18.2 Å². The molecule has 0 aliphatic carbocycles. The number of nitrogens with zero attached hydrogens (tertiary/aromatic N) is 1. The number of amides is 1. The van der Waals surface area contributed by atoms with Crippen LogP contribution < -0.4 is 10.2 Å². The summed E-state index contributed by atoms with van der Waals surface area (Å²) in [5, 5.41) is 12.6. The molecule has 0 aromatic heterocycles. The van der Waals surface area contributed by atoms with Crippen molar-refractivity contribution in [2.75, 3.05) is 4.90 Å². The molecule has 2 atom stereocenters. The largest absolute Gasteiger partial charge is 0.391 e. The summed E-state index contributed by atoms with van der Waals surface area (Å²) in [4.78, 5) is 13.4. The number of nitrogens with one attached hydrogen (secondary N) is 1. The number of rotatable bonds is 2. The van der Waals surface area contributed by atoms with Crippen LogP contribution in [-0.4, -0.2) is 28.3 Å². The summed E-state index contributed by atoms with van der Waals surface area (Å²) >= 11 is 5.08. The first-order valence-electron chi connectivity index (χ1n) is 4.99. The van der Waals surface area contributed by atoms with Gasteiger partial charge in [0.2, 0.25) is 0 Å². The lowest BCUT2D eigenvalue weighted by Gasteiger charge is -2.15. The zero-order chi connectivity index (χ0) is 11.7. The van der Waals surface area contributed by atoms with Crippen molar-refractivity contribution < 1.29 is 9.90 Å². The summed E-state index contributed by atoms with van der Waals surface area (Å²) in [5.41, 5.74) is 0.716. The monoisotopic (exact) mass is 236 g/mol. The molecule has 84 valence electrons. The Hall–Kier alpha value is -1.46. The molecular formula is C11H12N2O2S. The van der Waals surface area contributed by atoms with Crippen molar-refractivity contribution in [1.82, 2.24) is 5.32 Å². The number of benzene rings is 1. The minimum atomic E-state index is -0.765. The SMILES string of the molecule is CC(O)[C@@H]1NC(=S)N(c2ccccc2)C1=O. The van der Waals surface area contributed by atoms with Crippen LogP contribution in [0.1, 0.15) is 6.92 Å². The average Bonchev–Trinajstić information content (AvgIpc) is 2.56. The highest BCUT2D eigenvalue weighted by molar-refractivity contribution is 7.80. The maximum absolute atomic E-state index is 12.0. The predicted molar refractivity (Wildman–Crippen MR) is 65.1 cm³/mol. The normalized spacial score (nSPS) is 22.1. The number of para-hydroxylation sites is 1. The topological polar surface area (TPSA) is 52.6 Å². The number of aliphatic hydroxyl groups is 1. The van der Waals surface area contributed by atoms with Crippen molar-refractivity contribution in [2.45, 2.75) is 19.1 Å². The quantitative estimate of drug-likeness (QED) is 0.741. The first-order valence-corrected chi connectivity index (χ1v) is 5.39. The third-order valence-corrected chi connectivity index (χ3v) is 2.77. The van der Waals surface area contributed by atoms with Gasteiger partial charge >= 0.3 is 0 Å². The Bertz CT molecular complexity index is 419. The van der Waals surface area contributed by atoms with Crippen molar-refractivity contribution in [3.05, 3.63) is 30.3 Å². The Morgan fingerprint density at radius 3 is 2.56 bits per heavy atom. The molecule has 0 radical (unpaired) electrons. The van der Waals surface area contributed by atoms with Crippen LogP contribution in [0.4, 0.5) is 5.69 Å². The first kappa shape index (κ1) is 11.0. The van der Waals surface area contributed by atoms with Gasteiger partial charge in [-0.05, 0) is 31.3 Å². The summed E-state index contributed by atoms with van der Waals surface area (Å²) in [6.07, 6.45) is -0.765. The van der Waals surface area contributed by atoms with Crippen LogP contribution >= 0.6 is 12.2 Å². The van der Waals surface area contributed by atoms with E-state index in [2.05, 4.69) is 5.32 Å². The maximum atomic E-state index is 12.0. The number of hydrogen-bond acceptors (Lipinski definition) is 3. The maximum Gasteiger partial charge on any atom is 0.258 e. The second kappa shape index (κ2) is 4.19. The number of hydrogen-bond donors (Lipinski definition) is 2. The zero-order valence-corrected chi connectivity index (χ0v) is 9.57. The second-order valence-electron chi connectivity index (χ2n) is 3.68. The van der Waals surface area contributed by atoms with Crippen LogP contribution in [0.15, 0.2) is 30.3 Å². The lowest BCUT2D eigenvalue weighted by molar-refractivity contribution is -0.120. The van der Waals surface area contributed by atoms with Crippen LogP contribution in [-0.2, 0) is 4.79 Å². The molecule has 16 heavy (non-hydrogen) atoms. The number of aliphatic hydroxyl groups excluding tert-OH is 1. The first-order chi connectivity index (χ1) is 7.61. The number of thiocarbonyl (C=S) groups is 1. The van der Waals surface area contributed by atoms with Crippen LogP contribution in [0.2, 0.25) is 0 Å². The van der Waals surface area contributed by atoms with Gasteiger partial charge in [0, 0.05) is 0 Å². The zero-order valence-electron chi connectivity index (χ0n) is 8.75. The molecule has 1 unspecified atom stereocenters. The molecule has 0 saturated carbocycles. The fourth-order valence-corrected chi connectivity index (χ4v) is 1.97. The number of anilines is 1. The van der Waals surface area contributed by atoms with Crippen LogP contribution in [0.5, 0.6) is 0 Å². The molecule has 1 saturated heterocycles. The molecule has 0 bridgehead atoms. The predicted octanol–water partition coefficient (Wildman–Crippen LogP) is 0.657. The Kier molecular flexibility index (Phi) is 2.89. The van der Waals surface area contributed by atoms with E-state index in [1.54, 1.807) is 19.1 Å². The molecule has 4 nitrogen and oxygen atoms in total. The molecule has 1 aliphatic rings. The number of carbonyl (C=O) groups is 1. The second-order valence-corrected chi connectivity index (χ2v) is 4.06. The summed E-state index contributed by atoms with van der Waals surface area (Å²) in [5.74, 6) is -0.216. The van der Waals surface area contributed by atoms with Crippen molar-refractivity contribution in [2.24, 2.45) is 0 Å². The van der Waals surface area contributed by atoms with Gasteiger partial charge < -0.3 is 10.4 Å². The van der Waals surface area contributed by atoms with Crippen LogP contribution in [0, 0.1) is 0 Å². The highest BCUT2D eigenvalue weighted by Gasteiger charge is 2.38. The lowest BCUT2D eigenvalue weighted by atomic mass is 10.2. The standard InChI is InChI=1S/C11H12N2O2S/c1-7(14)9-10(15)13(11(16)12-9)8-5-3-2-4-6-8/h2-7,9,14H,1H3,(H,12,16)/t7?,9-/m0/s1. The fraction of sp³-hybridized carbons (Fsp3) is 0.273. The van der Waals surface area contributed by atoms with Gasteiger partial charge in [-0.25, -0.2) is 0 Å². The van der Waals surface area contributed by atoms with Gasteiger partial charge in [0.05, 0.1) is 11.8 Å².